The van der Waals surface area contributed by atoms with Crippen LogP contribution >= 0.6 is 0 Å². The van der Waals surface area contributed by atoms with Crippen LogP contribution in [0.2, 0.25) is 0 Å². The van der Waals surface area contributed by atoms with Gasteiger partial charge in [0.15, 0.2) is 0 Å². The van der Waals surface area contributed by atoms with Gasteiger partial charge in [0.05, 0.1) is 5.56 Å². The Morgan fingerprint density at radius 2 is 2.16 bits per heavy atom. The summed E-state index contributed by atoms with van der Waals surface area (Å²) in [6.07, 6.45) is 7.15. The first-order chi connectivity index (χ1) is 9.28. The molecule has 0 N–H and O–H groups in total. The van der Waals surface area contributed by atoms with Crippen LogP contribution in [0.1, 0.15) is 49.4 Å². The highest BCUT2D eigenvalue weighted by Crippen LogP contribution is 2.29. The summed E-state index contributed by atoms with van der Waals surface area (Å²) in [4.78, 5) is 7.17. The average molecular weight is 255 g/mol. The van der Waals surface area contributed by atoms with E-state index in [9.17, 15) is 5.26 Å². The van der Waals surface area contributed by atoms with E-state index < -0.39 is 0 Å². The molecule has 1 saturated heterocycles. The van der Waals surface area contributed by atoms with Crippen LogP contribution in [-0.2, 0) is 12.8 Å². The molecule has 0 saturated carbocycles. The molecular formula is C16H21N3. The van der Waals surface area contributed by atoms with E-state index >= 15 is 0 Å². The smallest absolute Gasteiger partial charge is 0.146 e. The number of hydrogen-bond acceptors (Lipinski definition) is 3. The second kappa shape index (κ2) is 5.21. The minimum atomic E-state index is 0.707. The van der Waals surface area contributed by atoms with Crippen LogP contribution < -0.4 is 4.90 Å². The summed E-state index contributed by atoms with van der Waals surface area (Å²) >= 11 is 0. The molecule has 1 aliphatic heterocycles. The number of aromatic nitrogens is 1. The van der Waals surface area contributed by atoms with E-state index in [4.69, 9.17) is 4.98 Å². The van der Waals surface area contributed by atoms with E-state index in [2.05, 4.69) is 24.0 Å². The van der Waals surface area contributed by atoms with Crippen molar-refractivity contribution in [2.24, 2.45) is 5.92 Å². The molecule has 19 heavy (non-hydrogen) atoms. The highest BCUT2D eigenvalue weighted by Gasteiger charge is 2.22. The summed E-state index contributed by atoms with van der Waals surface area (Å²) in [5, 5.41) is 9.40. The Morgan fingerprint density at radius 3 is 2.95 bits per heavy atom. The third-order valence-corrected chi connectivity index (χ3v) is 4.36. The monoisotopic (exact) mass is 255 g/mol. The average Bonchev–Trinajstić information content (AvgIpc) is 2.46. The number of aryl methyl sites for hydroxylation is 2. The van der Waals surface area contributed by atoms with Crippen molar-refractivity contribution in [2.45, 2.75) is 45.4 Å². The van der Waals surface area contributed by atoms with Gasteiger partial charge in [0.25, 0.3) is 0 Å². The molecule has 0 spiro atoms. The van der Waals surface area contributed by atoms with Crippen LogP contribution in [0.25, 0.3) is 0 Å². The van der Waals surface area contributed by atoms with Gasteiger partial charge in [0.1, 0.15) is 11.9 Å². The van der Waals surface area contributed by atoms with Crippen molar-refractivity contribution in [3.8, 4) is 6.07 Å². The van der Waals surface area contributed by atoms with Gasteiger partial charge in [-0.15, -0.1) is 0 Å². The maximum absolute atomic E-state index is 9.40. The van der Waals surface area contributed by atoms with Gasteiger partial charge in [-0.25, -0.2) is 4.98 Å². The van der Waals surface area contributed by atoms with Crippen molar-refractivity contribution in [1.82, 2.24) is 4.98 Å². The maximum Gasteiger partial charge on any atom is 0.146 e. The lowest BCUT2D eigenvalue weighted by atomic mass is 9.94. The number of pyridine rings is 1. The van der Waals surface area contributed by atoms with Gasteiger partial charge < -0.3 is 4.90 Å². The quantitative estimate of drug-likeness (QED) is 0.774. The molecule has 0 aromatic carbocycles. The molecule has 3 rings (SSSR count). The standard InChI is InChI=1S/C16H21N3/c1-12-5-4-8-19(11-12)16-14(10-17)9-13-6-2-3-7-15(13)18-16/h9,12H,2-8,11H2,1H3. The van der Waals surface area contributed by atoms with Crippen molar-refractivity contribution in [1.29, 1.82) is 5.26 Å². The van der Waals surface area contributed by atoms with Crippen molar-refractivity contribution in [3.63, 3.8) is 0 Å². The molecule has 1 aromatic rings. The molecule has 1 atom stereocenters. The van der Waals surface area contributed by atoms with Crippen LogP contribution in [0.4, 0.5) is 5.82 Å². The van der Waals surface area contributed by atoms with E-state index in [1.165, 1.54) is 36.9 Å². The van der Waals surface area contributed by atoms with E-state index in [-0.39, 0.29) is 0 Å². The molecular weight excluding hydrogens is 234 g/mol. The van der Waals surface area contributed by atoms with E-state index in [1.807, 2.05) is 0 Å². The van der Waals surface area contributed by atoms with Crippen molar-refractivity contribution >= 4 is 5.82 Å². The first-order valence-corrected chi connectivity index (χ1v) is 7.46. The molecule has 1 aromatic heterocycles. The second-order valence-electron chi connectivity index (χ2n) is 5.98. The number of anilines is 1. The molecule has 0 radical (unpaired) electrons. The predicted octanol–water partition coefficient (Wildman–Crippen LogP) is 3.07. The van der Waals surface area contributed by atoms with Crippen molar-refractivity contribution in [2.75, 3.05) is 18.0 Å². The second-order valence-corrected chi connectivity index (χ2v) is 5.98. The molecule has 2 aliphatic rings. The maximum atomic E-state index is 9.40. The first-order valence-electron chi connectivity index (χ1n) is 7.46. The summed E-state index contributed by atoms with van der Waals surface area (Å²) in [6.45, 7) is 4.38. The number of nitriles is 1. The lowest BCUT2D eigenvalue weighted by Gasteiger charge is -2.33. The van der Waals surface area contributed by atoms with Gasteiger partial charge >= 0.3 is 0 Å². The van der Waals surface area contributed by atoms with Crippen LogP contribution in [0.3, 0.4) is 0 Å². The molecule has 3 heteroatoms. The highest BCUT2D eigenvalue weighted by atomic mass is 15.2. The SMILES string of the molecule is CC1CCCN(c2nc3c(cc2C#N)CCCC3)C1. The largest absolute Gasteiger partial charge is 0.355 e. The van der Waals surface area contributed by atoms with Gasteiger partial charge in [-0.1, -0.05) is 6.92 Å². The summed E-state index contributed by atoms with van der Waals surface area (Å²) in [5.41, 5.74) is 3.31. The van der Waals surface area contributed by atoms with Gasteiger partial charge in [-0.3, -0.25) is 0 Å². The number of hydrogen-bond donors (Lipinski definition) is 0. The van der Waals surface area contributed by atoms with Crippen LogP contribution in [0.5, 0.6) is 0 Å². The van der Waals surface area contributed by atoms with Crippen LogP contribution in [0, 0.1) is 17.2 Å². The first kappa shape index (κ1) is 12.5. The van der Waals surface area contributed by atoms with Crippen molar-refractivity contribution in [3.05, 3.63) is 22.9 Å². The molecule has 1 fully saturated rings. The number of fused-ring (bicyclic) bond motifs is 1. The van der Waals surface area contributed by atoms with E-state index in [1.54, 1.807) is 0 Å². The normalized spacial score (nSPS) is 22.7. The molecule has 3 nitrogen and oxygen atoms in total. The summed E-state index contributed by atoms with van der Waals surface area (Å²) in [7, 11) is 0. The molecule has 0 bridgehead atoms. The minimum absolute atomic E-state index is 0.707. The Hall–Kier alpha value is -1.56. The van der Waals surface area contributed by atoms with Gasteiger partial charge in [-0.05, 0) is 56.1 Å². The van der Waals surface area contributed by atoms with Gasteiger partial charge in [-0.2, -0.15) is 5.26 Å². The zero-order valence-electron chi connectivity index (χ0n) is 11.7. The number of rotatable bonds is 1. The van der Waals surface area contributed by atoms with Crippen LogP contribution in [0.15, 0.2) is 6.07 Å². The van der Waals surface area contributed by atoms with Gasteiger partial charge in [0.2, 0.25) is 0 Å². The summed E-state index contributed by atoms with van der Waals surface area (Å²) in [5.74, 6) is 1.65. The number of piperidine rings is 1. The Balaban J connectivity index is 1.97. The Kier molecular flexibility index (Phi) is 3.42. The molecule has 0 amide bonds. The number of nitrogens with zero attached hydrogens (tertiary/aromatic N) is 3. The molecule has 100 valence electrons. The Bertz CT molecular complexity index is 515. The third-order valence-electron chi connectivity index (χ3n) is 4.36. The third kappa shape index (κ3) is 2.45. The lowest BCUT2D eigenvalue weighted by Crippen LogP contribution is -2.35. The topological polar surface area (TPSA) is 39.9 Å². The van der Waals surface area contributed by atoms with Gasteiger partial charge in [0, 0.05) is 18.8 Å². The predicted molar refractivity (Wildman–Crippen MR) is 76.2 cm³/mol. The molecule has 1 unspecified atom stereocenters. The van der Waals surface area contributed by atoms with Crippen LogP contribution in [-0.4, -0.2) is 18.1 Å². The molecule has 2 heterocycles. The zero-order valence-corrected chi connectivity index (χ0v) is 11.7. The lowest BCUT2D eigenvalue weighted by molar-refractivity contribution is 0.444. The van der Waals surface area contributed by atoms with E-state index in [0.717, 1.165) is 37.3 Å². The minimum Gasteiger partial charge on any atom is -0.355 e. The van der Waals surface area contributed by atoms with E-state index in [0.29, 0.717) is 5.92 Å². The molecule has 1 aliphatic carbocycles. The van der Waals surface area contributed by atoms with Crippen molar-refractivity contribution < 1.29 is 0 Å². The Morgan fingerprint density at radius 1 is 1.32 bits per heavy atom. The fraction of sp³-hybridized carbons (Fsp3) is 0.625. The zero-order chi connectivity index (χ0) is 13.2. The fourth-order valence-corrected chi connectivity index (χ4v) is 3.33. The fourth-order valence-electron chi connectivity index (χ4n) is 3.33. The summed E-state index contributed by atoms with van der Waals surface area (Å²) < 4.78 is 0. The Labute approximate surface area is 115 Å². The summed E-state index contributed by atoms with van der Waals surface area (Å²) in [6, 6.07) is 4.45. The highest BCUT2D eigenvalue weighted by molar-refractivity contribution is 5.56.